The summed E-state index contributed by atoms with van der Waals surface area (Å²) < 4.78 is 13.7. The van der Waals surface area contributed by atoms with Gasteiger partial charge in [-0.1, -0.05) is 6.07 Å². The summed E-state index contributed by atoms with van der Waals surface area (Å²) in [6, 6.07) is 3.79. The highest BCUT2D eigenvalue weighted by molar-refractivity contribution is 5.14. The maximum atomic E-state index is 13.7. The fourth-order valence-corrected chi connectivity index (χ4v) is 1.89. The van der Waals surface area contributed by atoms with Crippen LogP contribution in [-0.4, -0.2) is 16.7 Å². The lowest BCUT2D eigenvalue weighted by Gasteiger charge is -2.39. The molecule has 1 aliphatic carbocycles. The Morgan fingerprint density at radius 1 is 1.62 bits per heavy atom. The van der Waals surface area contributed by atoms with Crippen LogP contribution in [0.3, 0.4) is 0 Å². The monoisotopic (exact) mass is 180 g/mol. The van der Waals surface area contributed by atoms with Gasteiger partial charge in [0.25, 0.3) is 0 Å². The molecule has 0 amide bonds. The zero-order chi connectivity index (χ0) is 9.31. The average molecular weight is 180 g/mol. The minimum absolute atomic E-state index is 0.0571. The summed E-state index contributed by atoms with van der Waals surface area (Å²) in [5.41, 5.74) is 5.44. The van der Waals surface area contributed by atoms with Crippen LogP contribution < -0.4 is 5.73 Å². The topological polar surface area (TPSA) is 38.9 Å². The van der Waals surface area contributed by atoms with Crippen LogP contribution in [0.2, 0.25) is 0 Å². The Bertz CT molecular complexity index is 280. The number of aromatic nitrogens is 1. The third-order valence-corrected chi connectivity index (χ3v) is 2.50. The molecule has 1 heterocycles. The van der Waals surface area contributed by atoms with Gasteiger partial charge in [0, 0.05) is 24.9 Å². The molecule has 1 fully saturated rings. The van der Waals surface area contributed by atoms with Crippen molar-refractivity contribution in [3.8, 4) is 0 Å². The van der Waals surface area contributed by atoms with Crippen LogP contribution in [0.5, 0.6) is 0 Å². The van der Waals surface area contributed by atoms with Crippen LogP contribution in [-0.2, 0) is 6.42 Å². The van der Waals surface area contributed by atoms with E-state index in [1.54, 1.807) is 12.4 Å². The van der Waals surface area contributed by atoms with E-state index in [1.165, 1.54) is 0 Å². The van der Waals surface area contributed by atoms with Crippen LogP contribution >= 0.6 is 0 Å². The Balaban J connectivity index is 1.99. The molecule has 0 spiro atoms. The van der Waals surface area contributed by atoms with E-state index < -0.39 is 5.67 Å². The molecule has 0 radical (unpaired) electrons. The number of rotatable bonds is 2. The summed E-state index contributed by atoms with van der Waals surface area (Å²) in [5, 5.41) is 0. The Kier molecular flexibility index (Phi) is 2.04. The summed E-state index contributed by atoms with van der Waals surface area (Å²) in [4.78, 5) is 3.95. The van der Waals surface area contributed by atoms with Crippen molar-refractivity contribution >= 4 is 0 Å². The van der Waals surface area contributed by atoms with Crippen molar-refractivity contribution in [1.82, 2.24) is 4.98 Å². The van der Waals surface area contributed by atoms with Crippen LogP contribution in [0.1, 0.15) is 18.4 Å². The molecule has 1 aliphatic rings. The molecular formula is C10H13FN2. The molecule has 2 N–H and O–H groups in total. The second-order valence-electron chi connectivity index (χ2n) is 3.86. The summed E-state index contributed by atoms with van der Waals surface area (Å²) >= 11 is 0. The molecular weight excluding hydrogens is 167 g/mol. The molecule has 1 aromatic rings. The van der Waals surface area contributed by atoms with Crippen LogP contribution in [0, 0.1) is 0 Å². The van der Waals surface area contributed by atoms with Gasteiger partial charge in [0.05, 0.1) is 0 Å². The number of pyridine rings is 1. The van der Waals surface area contributed by atoms with Crippen molar-refractivity contribution in [1.29, 1.82) is 0 Å². The second kappa shape index (κ2) is 3.07. The highest BCUT2D eigenvalue weighted by Crippen LogP contribution is 2.37. The van der Waals surface area contributed by atoms with Gasteiger partial charge in [-0.3, -0.25) is 4.98 Å². The SMILES string of the molecule is NC1CC(F)(Cc2cccnc2)C1. The van der Waals surface area contributed by atoms with Crippen molar-refractivity contribution in [3.05, 3.63) is 30.1 Å². The quantitative estimate of drug-likeness (QED) is 0.748. The zero-order valence-corrected chi connectivity index (χ0v) is 7.41. The van der Waals surface area contributed by atoms with Crippen LogP contribution in [0.25, 0.3) is 0 Å². The van der Waals surface area contributed by atoms with Gasteiger partial charge in [0.2, 0.25) is 0 Å². The third-order valence-electron chi connectivity index (χ3n) is 2.50. The van der Waals surface area contributed by atoms with Gasteiger partial charge in [-0.05, 0) is 24.5 Å². The van der Waals surface area contributed by atoms with Crippen molar-refractivity contribution < 1.29 is 4.39 Å². The Labute approximate surface area is 77.0 Å². The lowest BCUT2D eigenvalue weighted by Crippen LogP contribution is -2.49. The number of nitrogens with zero attached hydrogens (tertiary/aromatic N) is 1. The smallest absolute Gasteiger partial charge is 0.118 e. The van der Waals surface area contributed by atoms with E-state index in [0.29, 0.717) is 19.3 Å². The first kappa shape index (κ1) is 8.63. The summed E-state index contributed by atoms with van der Waals surface area (Å²) in [6.45, 7) is 0. The van der Waals surface area contributed by atoms with E-state index in [-0.39, 0.29) is 6.04 Å². The summed E-state index contributed by atoms with van der Waals surface area (Å²) in [6.07, 6.45) is 4.84. The Morgan fingerprint density at radius 2 is 2.38 bits per heavy atom. The van der Waals surface area contributed by atoms with E-state index in [9.17, 15) is 4.39 Å². The molecule has 0 unspecified atom stereocenters. The molecule has 13 heavy (non-hydrogen) atoms. The van der Waals surface area contributed by atoms with Crippen LogP contribution in [0.15, 0.2) is 24.5 Å². The van der Waals surface area contributed by atoms with Gasteiger partial charge < -0.3 is 5.73 Å². The van der Waals surface area contributed by atoms with E-state index in [0.717, 1.165) is 5.56 Å². The fraction of sp³-hybridized carbons (Fsp3) is 0.500. The Morgan fingerprint density at radius 3 is 2.92 bits per heavy atom. The van der Waals surface area contributed by atoms with Crippen molar-refractivity contribution in [2.45, 2.75) is 31.0 Å². The van der Waals surface area contributed by atoms with Crippen molar-refractivity contribution in [2.24, 2.45) is 5.73 Å². The van der Waals surface area contributed by atoms with Crippen molar-refractivity contribution in [3.63, 3.8) is 0 Å². The normalized spacial score (nSPS) is 32.6. The van der Waals surface area contributed by atoms with Crippen LogP contribution in [0.4, 0.5) is 4.39 Å². The molecule has 1 aromatic heterocycles. The largest absolute Gasteiger partial charge is 0.327 e. The lowest BCUT2D eigenvalue weighted by molar-refractivity contribution is 0.0444. The first-order valence-electron chi connectivity index (χ1n) is 4.51. The van der Waals surface area contributed by atoms with Crippen molar-refractivity contribution in [2.75, 3.05) is 0 Å². The average Bonchev–Trinajstić information content (AvgIpc) is 2.03. The van der Waals surface area contributed by atoms with Gasteiger partial charge in [-0.15, -0.1) is 0 Å². The number of alkyl halides is 1. The van der Waals surface area contributed by atoms with Gasteiger partial charge in [0.1, 0.15) is 5.67 Å². The first-order valence-corrected chi connectivity index (χ1v) is 4.51. The summed E-state index contributed by atoms with van der Waals surface area (Å²) in [5.74, 6) is 0. The molecule has 0 aliphatic heterocycles. The highest BCUT2D eigenvalue weighted by Gasteiger charge is 2.42. The molecule has 0 aromatic carbocycles. The van der Waals surface area contributed by atoms with E-state index in [1.807, 2.05) is 12.1 Å². The maximum Gasteiger partial charge on any atom is 0.118 e. The molecule has 1 saturated carbocycles. The van der Waals surface area contributed by atoms with E-state index >= 15 is 0 Å². The molecule has 3 heteroatoms. The lowest BCUT2D eigenvalue weighted by atomic mass is 9.74. The molecule has 0 atom stereocenters. The standard InChI is InChI=1S/C10H13FN2/c11-10(5-9(12)6-10)4-8-2-1-3-13-7-8/h1-3,7,9H,4-6,12H2. The first-order chi connectivity index (χ1) is 6.18. The molecule has 0 bridgehead atoms. The number of halogens is 1. The molecule has 70 valence electrons. The molecule has 2 rings (SSSR count). The molecule has 0 saturated heterocycles. The predicted octanol–water partition coefficient (Wildman–Crippen LogP) is 1.45. The summed E-state index contributed by atoms with van der Waals surface area (Å²) in [7, 11) is 0. The zero-order valence-electron chi connectivity index (χ0n) is 7.41. The number of hydrogen-bond acceptors (Lipinski definition) is 2. The maximum absolute atomic E-state index is 13.7. The third kappa shape index (κ3) is 1.86. The van der Waals surface area contributed by atoms with Gasteiger partial charge >= 0.3 is 0 Å². The van der Waals surface area contributed by atoms with Gasteiger partial charge in [-0.2, -0.15) is 0 Å². The van der Waals surface area contributed by atoms with Gasteiger partial charge in [0.15, 0.2) is 0 Å². The second-order valence-corrected chi connectivity index (χ2v) is 3.86. The highest BCUT2D eigenvalue weighted by atomic mass is 19.1. The minimum atomic E-state index is -1.07. The van der Waals surface area contributed by atoms with E-state index in [2.05, 4.69) is 4.98 Å². The fourth-order valence-electron chi connectivity index (χ4n) is 1.89. The Hall–Kier alpha value is -0.960. The van der Waals surface area contributed by atoms with Gasteiger partial charge in [-0.25, -0.2) is 4.39 Å². The molecule has 2 nitrogen and oxygen atoms in total. The number of hydrogen-bond donors (Lipinski definition) is 1. The van der Waals surface area contributed by atoms with E-state index in [4.69, 9.17) is 5.73 Å². The minimum Gasteiger partial charge on any atom is -0.327 e. The number of nitrogens with two attached hydrogens (primary N) is 1. The predicted molar refractivity (Wildman–Crippen MR) is 49.0 cm³/mol.